The number of aromatic nitrogens is 4. The van der Waals surface area contributed by atoms with Gasteiger partial charge in [-0.15, -0.1) is 0 Å². The molecule has 134 valence electrons. The zero-order valence-electron chi connectivity index (χ0n) is 14.4. The lowest BCUT2D eigenvalue weighted by molar-refractivity contribution is 0.0705. The summed E-state index contributed by atoms with van der Waals surface area (Å²) in [4.78, 5) is 18.9. The fraction of sp³-hybridized carbons (Fsp3) is 0.150. The van der Waals surface area contributed by atoms with E-state index >= 15 is 0 Å². The second-order valence-corrected chi connectivity index (χ2v) is 7.49. The van der Waals surface area contributed by atoms with Gasteiger partial charge in [0, 0.05) is 53.1 Å². The molecule has 4 aromatic rings. The molecule has 0 radical (unpaired) electrons. The number of carbonyl (C=O) groups is 1. The van der Waals surface area contributed by atoms with Gasteiger partial charge in [0.2, 0.25) is 0 Å². The van der Waals surface area contributed by atoms with Crippen LogP contribution in [-0.2, 0) is 13.1 Å². The van der Waals surface area contributed by atoms with E-state index < -0.39 is 0 Å². The molecule has 1 amide bonds. The Balaban J connectivity index is 1.42. The lowest BCUT2D eigenvalue weighted by atomic mass is 10.2. The second kappa shape index (κ2) is 6.35. The van der Waals surface area contributed by atoms with Crippen LogP contribution >= 0.6 is 15.9 Å². The highest BCUT2D eigenvalue weighted by molar-refractivity contribution is 9.10. The standard InChI is InChI=1S/C20H16BrN5O/c21-15-1-2-16-11-18(23-26(16)12-15)20(27)24-9-10-25-17(13-24)3-4-19(25)14-5-7-22-8-6-14/h1-8,11-12H,9-10,13H2. The fourth-order valence-electron chi connectivity index (χ4n) is 3.58. The molecule has 1 aliphatic rings. The SMILES string of the molecule is O=C(c1cc2ccc(Br)cn2n1)N1CCn2c(ccc2-c2ccncc2)C1. The maximum Gasteiger partial charge on any atom is 0.274 e. The second-order valence-electron chi connectivity index (χ2n) is 6.57. The summed E-state index contributed by atoms with van der Waals surface area (Å²) in [6, 6.07) is 13.9. The summed E-state index contributed by atoms with van der Waals surface area (Å²) in [5, 5.41) is 4.44. The first kappa shape index (κ1) is 16.3. The van der Waals surface area contributed by atoms with E-state index in [9.17, 15) is 4.79 Å². The quantitative estimate of drug-likeness (QED) is 0.496. The average Bonchev–Trinajstić information content (AvgIpc) is 3.31. The molecule has 5 heterocycles. The Kier molecular flexibility index (Phi) is 3.82. The Morgan fingerprint density at radius 3 is 2.74 bits per heavy atom. The Morgan fingerprint density at radius 2 is 1.89 bits per heavy atom. The van der Waals surface area contributed by atoms with E-state index in [1.165, 1.54) is 0 Å². The summed E-state index contributed by atoms with van der Waals surface area (Å²) in [6.07, 6.45) is 5.46. The molecule has 0 aromatic carbocycles. The highest BCUT2D eigenvalue weighted by Crippen LogP contribution is 2.26. The lowest BCUT2D eigenvalue weighted by Crippen LogP contribution is -2.38. The first-order chi connectivity index (χ1) is 13.2. The Labute approximate surface area is 164 Å². The molecular weight excluding hydrogens is 406 g/mol. The number of fused-ring (bicyclic) bond motifs is 2. The van der Waals surface area contributed by atoms with Gasteiger partial charge in [0.25, 0.3) is 5.91 Å². The minimum Gasteiger partial charge on any atom is -0.341 e. The molecule has 0 fully saturated rings. The number of rotatable bonds is 2. The Hall–Kier alpha value is -2.93. The van der Waals surface area contributed by atoms with Crippen molar-refractivity contribution in [2.24, 2.45) is 0 Å². The van der Waals surface area contributed by atoms with Gasteiger partial charge in [-0.05, 0) is 58.4 Å². The summed E-state index contributed by atoms with van der Waals surface area (Å²) in [6.45, 7) is 2.02. The van der Waals surface area contributed by atoms with E-state index in [1.54, 1.807) is 16.9 Å². The third-order valence-corrected chi connectivity index (χ3v) is 5.39. The first-order valence-electron chi connectivity index (χ1n) is 8.72. The van der Waals surface area contributed by atoms with Gasteiger partial charge in [-0.3, -0.25) is 9.78 Å². The summed E-state index contributed by atoms with van der Waals surface area (Å²) in [5.74, 6) is -0.0345. The van der Waals surface area contributed by atoms with Crippen LogP contribution in [0.4, 0.5) is 0 Å². The number of halogens is 1. The van der Waals surface area contributed by atoms with Crippen LogP contribution in [0.25, 0.3) is 16.8 Å². The smallest absolute Gasteiger partial charge is 0.274 e. The lowest BCUT2D eigenvalue weighted by Gasteiger charge is -2.29. The van der Waals surface area contributed by atoms with Crippen molar-refractivity contribution in [1.29, 1.82) is 0 Å². The molecule has 0 saturated carbocycles. The maximum absolute atomic E-state index is 13.0. The number of carbonyl (C=O) groups excluding carboxylic acids is 1. The molecule has 0 spiro atoms. The monoisotopic (exact) mass is 421 g/mol. The van der Waals surface area contributed by atoms with Crippen molar-refractivity contribution in [3.63, 3.8) is 0 Å². The highest BCUT2D eigenvalue weighted by atomic mass is 79.9. The summed E-state index contributed by atoms with van der Waals surface area (Å²) >= 11 is 3.43. The minimum atomic E-state index is -0.0345. The van der Waals surface area contributed by atoms with Gasteiger partial charge < -0.3 is 9.47 Å². The van der Waals surface area contributed by atoms with Crippen LogP contribution in [-0.4, -0.2) is 36.5 Å². The van der Waals surface area contributed by atoms with Crippen LogP contribution in [0.2, 0.25) is 0 Å². The van der Waals surface area contributed by atoms with Crippen molar-refractivity contribution in [3.8, 4) is 11.3 Å². The van der Waals surface area contributed by atoms with Gasteiger partial charge in [-0.1, -0.05) is 0 Å². The summed E-state index contributed by atoms with van der Waals surface area (Å²) in [7, 11) is 0. The van der Waals surface area contributed by atoms with Crippen molar-refractivity contribution >= 4 is 27.4 Å². The zero-order chi connectivity index (χ0) is 18.4. The molecule has 0 aliphatic carbocycles. The van der Waals surface area contributed by atoms with Crippen LogP contribution in [0.15, 0.2) is 65.5 Å². The molecule has 0 saturated heterocycles. The van der Waals surface area contributed by atoms with Crippen molar-refractivity contribution < 1.29 is 4.79 Å². The van der Waals surface area contributed by atoms with Crippen molar-refractivity contribution in [1.82, 2.24) is 24.1 Å². The van der Waals surface area contributed by atoms with Gasteiger partial charge in [0.15, 0.2) is 5.69 Å². The van der Waals surface area contributed by atoms with Crippen molar-refractivity contribution in [2.45, 2.75) is 13.1 Å². The van der Waals surface area contributed by atoms with E-state index in [0.717, 1.165) is 33.5 Å². The molecule has 1 aliphatic heterocycles. The number of pyridine rings is 2. The number of amides is 1. The van der Waals surface area contributed by atoms with E-state index in [-0.39, 0.29) is 5.91 Å². The fourth-order valence-corrected chi connectivity index (χ4v) is 3.91. The van der Waals surface area contributed by atoms with Crippen LogP contribution < -0.4 is 0 Å². The molecule has 0 N–H and O–H groups in total. The Morgan fingerprint density at radius 1 is 1.04 bits per heavy atom. The highest BCUT2D eigenvalue weighted by Gasteiger charge is 2.25. The largest absolute Gasteiger partial charge is 0.341 e. The third-order valence-electron chi connectivity index (χ3n) is 4.92. The zero-order valence-corrected chi connectivity index (χ0v) is 16.0. The molecule has 27 heavy (non-hydrogen) atoms. The van der Waals surface area contributed by atoms with Gasteiger partial charge in [-0.25, -0.2) is 4.52 Å². The minimum absolute atomic E-state index is 0.0345. The molecule has 0 atom stereocenters. The van der Waals surface area contributed by atoms with Gasteiger partial charge in [-0.2, -0.15) is 5.10 Å². The maximum atomic E-state index is 13.0. The topological polar surface area (TPSA) is 55.4 Å². The third kappa shape index (κ3) is 2.84. The molecule has 0 bridgehead atoms. The van der Waals surface area contributed by atoms with Gasteiger partial charge in [0.05, 0.1) is 12.1 Å². The summed E-state index contributed by atoms with van der Waals surface area (Å²) in [5.41, 5.74) is 4.82. The van der Waals surface area contributed by atoms with E-state index in [1.807, 2.05) is 41.4 Å². The normalized spacial score (nSPS) is 13.7. The number of hydrogen-bond donors (Lipinski definition) is 0. The van der Waals surface area contributed by atoms with Crippen molar-refractivity contribution in [3.05, 3.63) is 76.9 Å². The van der Waals surface area contributed by atoms with Crippen LogP contribution in [0.5, 0.6) is 0 Å². The first-order valence-corrected chi connectivity index (χ1v) is 9.51. The van der Waals surface area contributed by atoms with Gasteiger partial charge >= 0.3 is 0 Å². The van der Waals surface area contributed by atoms with Crippen LogP contribution in [0.3, 0.4) is 0 Å². The van der Waals surface area contributed by atoms with E-state index in [0.29, 0.717) is 18.8 Å². The average molecular weight is 422 g/mol. The van der Waals surface area contributed by atoms with E-state index in [4.69, 9.17) is 0 Å². The van der Waals surface area contributed by atoms with Crippen molar-refractivity contribution in [2.75, 3.05) is 6.54 Å². The molecule has 5 rings (SSSR count). The number of hydrogen-bond acceptors (Lipinski definition) is 3. The predicted molar refractivity (Wildman–Crippen MR) is 105 cm³/mol. The van der Waals surface area contributed by atoms with Gasteiger partial charge in [0.1, 0.15) is 0 Å². The van der Waals surface area contributed by atoms with Crippen LogP contribution in [0, 0.1) is 0 Å². The molecule has 7 heteroatoms. The van der Waals surface area contributed by atoms with E-state index in [2.05, 4.69) is 42.7 Å². The molecule has 6 nitrogen and oxygen atoms in total. The summed E-state index contributed by atoms with van der Waals surface area (Å²) < 4.78 is 4.93. The molecular formula is C20H16BrN5O. The van der Waals surface area contributed by atoms with Crippen LogP contribution in [0.1, 0.15) is 16.2 Å². The Bertz CT molecular complexity index is 1150. The molecule has 4 aromatic heterocycles. The molecule has 0 unspecified atom stereocenters. The number of nitrogens with zero attached hydrogens (tertiary/aromatic N) is 5. The predicted octanol–water partition coefficient (Wildman–Crippen LogP) is 3.62.